The van der Waals surface area contributed by atoms with E-state index in [-0.39, 0.29) is 17.7 Å². The largest absolute Gasteiger partial charge is 0.444 e. The lowest BCUT2D eigenvalue weighted by Gasteiger charge is -2.45. The van der Waals surface area contributed by atoms with Gasteiger partial charge in [-0.15, -0.1) is 0 Å². The molecule has 1 N–H and O–H groups in total. The molecule has 2 atom stereocenters. The van der Waals surface area contributed by atoms with Crippen LogP contribution in [0.4, 0.5) is 4.79 Å². The third kappa shape index (κ3) is 2.48. The Morgan fingerprint density at radius 2 is 1.94 bits per heavy atom. The van der Waals surface area contributed by atoms with Gasteiger partial charge in [-0.05, 0) is 46.5 Å². The van der Waals surface area contributed by atoms with E-state index in [1.165, 1.54) is 0 Å². The number of hydrogen-bond donors (Lipinski definition) is 1. The molecule has 18 heavy (non-hydrogen) atoms. The third-order valence-electron chi connectivity index (χ3n) is 4.10. The average Bonchev–Trinajstić information content (AvgIpc) is 2.65. The molecule has 1 spiro atoms. The van der Waals surface area contributed by atoms with Gasteiger partial charge in [0.15, 0.2) is 0 Å². The highest BCUT2D eigenvalue weighted by Crippen LogP contribution is 2.42. The van der Waals surface area contributed by atoms with Gasteiger partial charge in [0.1, 0.15) is 5.60 Å². The summed E-state index contributed by atoms with van der Waals surface area (Å²) in [6, 6.07) is 0. The fourth-order valence-electron chi connectivity index (χ4n) is 3.30. The topological polar surface area (TPSA) is 49.8 Å². The maximum atomic E-state index is 12.3. The van der Waals surface area contributed by atoms with Crippen LogP contribution in [0, 0.1) is 0 Å². The number of ether oxygens (including phenoxy) is 1. The van der Waals surface area contributed by atoms with E-state index >= 15 is 0 Å². The number of likely N-dealkylation sites (tertiary alicyclic amines) is 1. The van der Waals surface area contributed by atoms with Crippen LogP contribution in [0.1, 0.15) is 59.3 Å². The Kier molecular flexibility index (Phi) is 3.58. The minimum absolute atomic E-state index is 0.263. The van der Waals surface area contributed by atoms with Crippen LogP contribution in [0.5, 0.6) is 0 Å². The van der Waals surface area contributed by atoms with E-state index in [2.05, 4.69) is 0 Å². The molecule has 1 saturated heterocycles. The number of aliphatic hydroxyl groups is 1. The molecular formula is C14H25NO3. The summed E-state index contributed by atoms with van der Waals surface area (Å²) in [5.74, 6) is 0. The first-order chi connectivity index (χ1) is 8.35. The molecule has 0 radical (unpaired) electrons. The number of aliphatic hydroxyl groups excluding tert-OH is 1. The third-order valence-corrected chi connectivity index (χ3v) is 4.10. The predicted molar refractivity (Wildman–Crippen MR) is 69.4 cm³/mol. The van der Waals surface area contributed by atoms with Gasteiger partial charge < -0.3 is 9.84 Å². The van der Waals surface area contributed by atoms with E-state index in [0.717, 1.165) is 38.5 Å². The molecular weight excluding hydrogens is 230 g/mol. The van der Waals surface area contributed by atoms with Crippen LogP contribution in [-0.2, 0) is 4.74 Å². The molecule has 1 amide bonds. The van der Waals surface area contributed by atoms with Crippen molar-refractivity contribution in [3.8, 4) is 0 Å². The van der Waals surface area contributed by atoms with Crippen LogP contribution >= 0.6 is 0 Å². The van der Waals surface area contributed by atoms with Crippen molar-refractivity contribution >= 4 is 6.09 Å². The van der Waals surface area contributed by atoms with E-state index in [1.807, 2.05) is 20.8 Å². The second kappa shape index (κ2) is 4.72. The summed E-state index contributed by atoms with van der Waals surface area (Å²) < 4.78 is 5.47. The average molecular weight is 255 g/mol. The Bertz CT molecular complexity index is 323. The van der Waals surface area contributed by atoms with Crippen LogP contribution in [0.25, 0.3) is 0 Å². The fraction of sp³-hybridized carbons (Fsp3) is 0.929. The molecule has 0 aromatic rings. The molecule has 4 heteroatoms. The van der Waals surface area contributed by atoms with Gasteiger partial charge in [-0.25, -0.2) is 4.79 Å². The van der Waals surface area contributed by atoms with Gasteiger partial charge in [0.25, 0.3) is 0 Å². The first kappa shape index (κ1) is 13.7. The maximum Gasteiger partial charge on any atom is 0.410 e. The van der Waals surface area contributed by atoms with Gasteiger partial charge in [-0.3, -0.25) is 4.90 Å². The molecule has 2 aliphatic rings. The zero-order valence-electron chi connectivity index (χ0n) is 11.7. The molecule has 0 bridgehead atoms. The van der Waals surface area contributed by atoms with Crippen molar-refractivity contribution in [3.63, 3.8) is 0 Å². The normalized spacial score (nSPS) is 32.9. The van der Waals surface area contributed by atoms with E-state index in [0.29, 0.717) is 6.54 Å². The summed E-state index contributed by atoms with van der Waals surface area (Å²) in [4.78, 5) is 14.1. The minimum atomic E-state index is -0.472. The predicted octanol–water partition coefficient (Wildman–Crippen LogP) is 2.69. The van der Waals surface area contributed by atoms with Gasteiger partial charge in [-0.2, -0.15) is 0 Å². The Morgan fingerprint density at radius 3 is 2.56 bits per heavy atom. The van der Waals surface area contributed by atoms with Crippen LogP contribution in [-0.4, -0.2) is 39.9 Å². The fourth-order valence-corrected chi connectivity index (χ4v) is 3.30. The lowest BCUT2D eigenvalue weighted by atomic mass is 9.77. The molecule has 0 aromatic carbocycles. The minimum Gasteiger partial charge on any atom is -0.444 e. The van der Waals surface area contributed by atoms with Crippen LogP contribution in [0.2, 0.25) is 0 Å². The SMILES string of the molecule is CC(C)(C)OC(=O)N1CCCC12CCCCC2O. The maximum absolute atomic E-state index is 12.3. The van der Waals surface area contributed by atoms with E-state index in [1.54, 1.807) is 4.90 Å². The lowest BCUT2D eigenvalue weighted by molar-refractivity contribution is -0.0503. The first-order valence-electron chi connectivity index (χ1n) is 7.04. The molecule has 0 aromatic heterocycles. The smallest absolute Gasteiger partial charge is 0.410 e. The standard InChI is InChI=1S/C14H25NO3/c1-13(2,3)18-12(17)15-10-6-9-14(15)8-5-4-7-11(14)16/h11,16H,4-10H2,1-3H3. The highest BCUT2D eigenvalue weighted by Gasteiger charge is 2.50. The summed E-state index contributed by atoms with van der Waals surface area (Å²) in [5.41, 5.74) is -0.818. The van der Waals surface area contributed by atoms with Gasteiger partial charge >= 0.3 is 6.09 Å². The highest BCUT2D eigenvalue weighted by molar-refractivity contribution is 5.70. The van der Waals surface area contributed by atoms with Crippen LogP contribution < -0.4 is 0 Å². The van der Waals surface area contributed by atoms with Gasteiger partial charge in [0.2, 0.25) is 0 Å². The van der Waals surface area contributed by atoms with Crippen LogP contribution in [0.3, 0.4) is 0 Å². The van der Waals surface area contributed by atoms with Crippen molar-refractivity contribution in [3.05, 3.63) is 0 Å². The molecule has 2 rings (SSSR count). The van der Waals surface area contributed by atoms with E-state index in [4.69, 9.17) is 4.74 Å². The van der Waals surface area contributed by atoms with Gasteiger partial charge in [-0.1, -0.05) is 12.8 Å². The number of carbonyl (C=O) groups excluding carboxylic acids is 1. The van der Waals surface area contributed by atoms with Gasteiger partial charge in [0.05, 0.1) is 11.6 Å². The molecule has 4 nitrogen and oxygen atoms in total. The summed E-state index contributed by atoms with van der Waals surface area (Å²) >= 11 is 0. The van der Waals surface area contributed by atoms with E-state index in [9.17, 15) is 9.90 Å². The number of carbonyl (C=O) groups is 1. The second-order valence-electron chi connectivity index (χ2n) is 6.60. The summed E-state index contributed by atoms with van der Waals surface area (Å²) in [5, 5.41) is 10.3. The lowest BCUT2D eigenvalue weighted by Crippen LogP contribution is -2.57. The zero-order chi connectivity index (χ0) is 13.4. The number of rotatable bonds is 0. The quantitative estimate of drug-likeness (QED) is 0.724. The Hall–Kier alpha value is -0.770. The Labute approximate surface area is 109 Å². The number of amides is 1. The van der Waals surface area contributed by atoms with Crippen molar-refractivity contribution < 1.29 is 14.6 Å². The zero-order valence-corrected chi connectivity index (χ0v) is 11.7. The molecule has 1 saturated carbocycles. The molecule has 2 fully saturated rings. The highest BCUT2D eigenvalue weighted by atomic mass is 16.6. The Morgan fingerprint density at radius 1 is 1.28 bits per heavy atom. The summed E-state index contributed by atoms with van der Waals surface area (Å²) in [6.07, 6.45) is 5.10. The van der Waals surface area contributed by atoms with E-state index < -0.39 is 5.60 Å². The summed E-state index contributed by atoms with van der Waals surface area (Å²) in [6.45, 7) is 6.35. The number of nitrogens with zero attached hydrogens (tertiary/aromatic N) is 1. The summed E-state index contributed by atoms with van der Waals surface area (Å²) in [7, 11) is 0. The molecule has 1 heterocycles. The second-order valence-corrected chi connectivity index (χ2v) is 6.60. The van der Waals surface area contributed by atoms with Crippen molar-refractivity contribution in [2.45, 2.75) is 76.5 Å². The molecule has 104 valence electrons. The Balaban J connectivity index is 2.14. The van der Waals surface area contributed by atoms with Crippen molar-refractivity contribution in [2.24, 2.45) is 0 Å². The van der Waals surface area contributed by atoms with Crippen molar-refractivity contribution in [1.82, 2.24) is 4.90 Å². The monoisotopic (exact) mass is 255 g/mol. The van der Waals surface area contributed by atoms with Gasteiger partial charge in [0, 0.05) is 6.54 Å². The van der Waals surface area contributed by atoms with Crippen molar-refractivity contribution in [2.75, 3.05) is 6.54 Å². The molecule has 1 aliphatic carbocycles. The first-order valence-corrected chi connectivity index (χ1v) is 7.04. The molecule has 1 aliphatic heterocycles. The van der Waals surface area contributed by atoms with Crippen LogP contribution in [0.15, 0.2) is 0 Å². The van der Waals surface area contributed by atoms with Crippen molar-refractivity contribution in [1.29, 1.82) is 0 Å². The number of hydrogen-bond acceptors (Lipinski definition) is 3. The molecule has 2 unspecified atom stereocenters.